The van der Waals surface area contributed by atoms with Gasteiger partial charge in [-0.15, -0.1) is 0 Å². The molecule has 0 aromatic carbocycles. The Balaban J connectivity index is 4.36. The summed E-state index contributed by atoms with van der Waals surface area (Å²) in [4.78, 5) is 37.0. The highest BCUT2D eigenvalue weighted by Gasteiger charge is 2.26. The van der Waals surface area contributed by atoms with Crippen LogP contribution in [0.5, 0.6) is 0 Å². The number of nitrogens with zero attached hydrogens (tertiary/aromatic N) is 1. The maximum atomic E-state index is 12.6. The number of ether oxygens (including phenoxy) is 2. The van der Waals surface area contributed by atoms with Gasteiger partial charge in [-0.25, -0.2) is 4.57 Å². The summed E-state index contributed by atoms with van der Waals surface area (Å²) in [6.45, 7) is 4.16. The molecule has 0 aliphatic rings. The molecule has 10 heteroatoms. The third-order valence-electron chi connectivity index (χ3n) is 8.62. The van der Waals surface area contributed by atoms with Crippen LogP contribution in [0.2, 0.25) is 0 Å². The van der Waals surface area contributed by atoms with Crippen molar-refractivity contribution in [3.8, 4) is 0 Å². The molecule has 2 unspecified atom stereocenters. The van der Waals surface area contributed by atoms with Crippen LogP contribution in [-0.4, -0.2) is 68.3 Å². The van der Waals surface area contributed by atoms with Crippen LogP contribution >= 0.6 is 7.82 Å². The van der Waals surface area contributed by atoms with Crippen LogP contribution in [0, 0.1) is 0 Å². The summed E-state index contributed by atoms with van der Waals surface area (Å²) < 4.78 is 33.4. The molecule has 2 atom stereocenters. The highest BCUT2D eigenvalue weighted by molar-refractivity contribution is 7.47. The van der Waals surface area contributed by atoms with Gasteiger partial charge in [-0.2, -0.15) is 0 Å². The maximum Gasteiger partial charge on any atom is 0.472 e. The van der Waals surface area contributed by atoms with E-state index in [4.69, 9.17) is 18.5 Å². The first kappa shape index (κ1) is 51.0. The van der Waals surface area contributed by atoms with Gasteiger partial charge in [0.2, 0.25) is 0 Å². The summed E-state index contributed by atoms with van der Waals surface area (Å²) in [5, 5.41) is 0. The van der Waals surface area contributed by atoms with Crippen LogP contribution in [-0.2, 0) is 32.7 Å². The molecule has 9 nitrogen and oxygen atoms in total. The summed E-state index contributed by atoms with van der Waals surface area (Å²) in [6, 6.07) is 0. The fourth-order valence-electron chi connectivity index (χ4n) is 5.40. The third kappa shape index (κ3) is 39.5. The predicted molar refractivity (Wildman–Crippen MR) is 220 cm³/mol. The molecular weight excluding hydrogens is 689 g/mol. The number of unbranched alkanes of at least 4 members (excludes halogenated alkanes) is 16. The minimum atomic E-state index is -4.37. The van der Waals surface area contributed by atoms with E-state index in [9.17, 15) is 19.0 Å². The summed E-state index contributed by atoms with van der Waals surface area (Å²) in [7, 11) is -0.728. The van der Waals surface area contributed by atoms with Gasteiger partial charge in [-0.1, -0.05) is 133 Å². The van der Waals surface area contributed by atoms with Gasteiger partial charge in [0, 0.05) is 19.4 Å². The number of carbonyl (C=O) groups excluding carboxylic acids is 2. The number of likely N-dealkylation sites (N-methyl/N-ethyl adjacent to an activating group) is 1. The van der Waals surface area contributed by atoms with Crippen LogP contribution < -0.4 is 0 Å². The Hall–Kier alpha value is -2.03. The zero-order chi connectivity index (χ0) is 39.1. The molecule has 0 aliphatic carbocycles. The highest BCUT2D eigenvalue weighted by Crippen LogP contribution is 2.43. The lowest BCUT2D eigenvalue weighted by Gasteiger charge is -2.20. The van der Waals surface area contributed by atoms with Crippen molar-refractivity contribution in [3.05, 3.63) is 48.6 Å². The second-order valence-electron chi connectivity index (χ2n) is 14.1. The van der Waals surface area contributed by atoms with Crippen molar-refractivity contribution in [2.45, 2.75) is 174 Å². The molecule has 0 aromatic heterocycles. The van der Waals surface area contributed by atoms with Crippen LogP contribution in [0.3, 0.4) is 0 Å². The fraction of sp³-hybridized carbons (Fsp3) is 0.767. The van der Waals surface area contributed by atoms with Gasteiger partial charge in [0.15, 0.2) is 6.10 Å². The van der Waals surface area contributed by atoms with E-state index in [1.54, 1.807) is 0 Å². The number of esters is 2. The molecule has 0 aromatic rings. The van der Waals surface area contributed by atoms with E-state index < -0.39 is 26.5 Å². The van der Waals surface area contributed by atoms with Gasteiger partial charge in [0.05, 0.1) is 13.2 Å². The second-order valence-corrected chi connectivity index (χ2v) is 15.6. The van der Waals surface area contributed by atoms with Crippen LogP contribution in [0.1, 0.15) is 168 Å². The van der Waals surface area contributed by atoms with Crippen molar-refractivity contribution in [3.63, 3.8) is 0 Å². The van der Waals surface area contributed by atoms with Crippen LogP contribution in [0.4, 0.5) is 0 Å². The summed E-state index contributed by atoms with van der Waals surface area (Å²) in [5.74, 6) is -0.835. The Bertz CT molecular complexity index is 1030. The molecule has 0 saturated heterocycles. The first-order valence-corrected chi connectivity index (χ1v) is 22.4. The largest absolute Gasteiger partial charge is 0.472 e. The molecule has 53 heavy (non-hydrogen) atoms. The molecule has 0 bridgehead atoms. The highest BCUT2D eigenvalue weighted by atomic mass is 31.2. The Labute approximate surface area is 324 Å². The Kier molecular flexibility index (Phi) is 36.8. The molecule has 0 aliphatic heterocycles. The van der Waals surface area contributed by atoms with Crippen molar-refractivity contribution in [1.29, 1.82) is 0 Å². The van der Waals surface area contributed by atoms with Crippen LogP contribution in [0.25, 0.3) is 0 Å². The number of hydrogen-bond acceptors (Lipinski definition) is 8. The van der Waals surface area contributed by atoms with Gasteiger partial charge < -0.3 is 19.3 Å². The average molecular weight is 768 g/mol. The molecule has 1 N–H and O–H groups in total. The average Bonchev–Trinajstić information content (AvgIpc) is 3.12. The number of hydrogen-bond donors (Lipinski definition) is 1. The second kappa shape index (κ2) is 38.3. The molecule has 0 radical (unpaired) electrons. The van der Waals surface area contributed by atoms with Crippen molar-refractivity contribution < 1.29 is 37.6 Å². The molecule has 0 spiro atoms. The number of allylic oxidation sites excluding steroid dienone is 8. The zero-order valence-electron chi connectivity index (χ0n) is 34.2. The van der Waals surface area contributed by atoms with E-state index in [1.165, 1.54) is 44.9 Å². The van der Waals surface area contributed by atoms with Gasteiger partial charge in [-0.05, 0) is 84.7 Å². The molecule has 0 heterocycles. The molecular formula is C43H78NO8P. The van der Waals surface area contributed by atoms with E-state index in [0.29, 0.717) is 13.0 Å². The molecule has 0 rings (SSSR count). The van der Waals surface area contributed by atoms with Crippen molar-refractivity contribution in [1.82, 2.24) is 4.90 Å². The summed E-state index contributed by atoms with van der Waals surface area (Å²) in [5.41, 5.74) is 0. The van der Waals surface area contributed by atoms with E-state index >= 15 is 0 Å². The van der Waals surface area contributed by atoms with E-state index in [2.05, 4.69) is 62.5 Å². The first-order valence-electron chi connectivity index (χ1n) is 20.9. The number of phosphoric ester groups is 1. The Morgan fingerprint density at radius 2 is 1.08 bits per heavy atom. The van der Waals surface area contributed by atoms with Crippen LogP contribution in [0.15, 0.2) is 48.6 Å². The topological polar surface area (TPSA) is 112 Å². The van der Waals surface area contributed by atoms with E-state index in [-0.39, 0.29) is 32.0 Å². The summed E-state index contributed by atoms with van der Waals surface area (Å²) >= 11 is 0. The molecule has 0 fully saturated rings. The standard InChI is InChI=1S/C43H78NO8P/c1-5-7-9-11-13-15-17-19-21-23-25-27-29-31-33-35-42(45)49-39-41(40-51-53(47,48)50-38-37-44(3)4)52-43(46)36-34-32-30-28-26-24-22-20-18-16-14-12-10-8-6-2/h8,10,14,16,19-22,41H,5-7,9,11-13,15,17-18,23-40H2,1-4H3,(H,47,48)/b10-8-,16-14-,21-19-,22-20-. The normalized spacial score (nSPS) is 13.9. The number of rotatable bonds is 38. The molecule has 0 saturated carbocycles. The number of carbonyl (C=O) groups is 2. The maximum absolute atomic E-state index is 12.6. The molecule has 308 valence electrons. The first-order chi connectivity index (χ1) is 25.7. The summed E-state index contributed by atoms with van der Waals surface area (Å²) in [6.07, 6.45) is 41.5. The van der Waals surface area contributed by atoms with Gasteiger partial charge in [-0.3, -0.25) is 18.6 Å². The lowest BCUT2D eigenvalue weighted by molar-refractivity contribution is -0.161. The predicted octanol–water partition coefficient (Wildman–Crippen LogP) is 11.8. The molecule has 0 amide bonds. The minimum Gasteiger partial charge on any atom is -0.462 e. The van der Waals surface area contributed by atoms with Crippen molar-refractivity contribution in [2.75, 3.05) is 40.5 Å². The van der Waals surface area contributed by atoms with Gasteiger partial charge in [0.1, 0.15) is 6.61 Å². The zero-order valence-corrected chi connectivity index (χ0v) is 35.1. The Morgan fingerprint density at radius 3 is 1.62 bits per heavy atom. The number of phosphoric acid groups is 1. The Morgan fingerprint density at radius 1 is 0.604 bits per heavy atom. The fourth-order valence-corrected chi connectivity index (χ4v) is 6.14. The smallest absolute Gasteiger partial charge is 0.462 e. The van der Waals surface area contributed by atoms with Gasteiger partial charge >= 0.3 is 19.8 Å². The van der Waals surface area contributed by atoms with Crippen molar-refractivity contribution >= 4 is 19.8 Å². The van der Waals surface area contributed by atoms with E-state index in [0.717, 1.165) is 89.9 Å². The van der Waals surface area contributed by atoms with Crippen molar-refractivity contribution in [2.24, 2.45) is 0 Å². The SMILES string of the molecule is CC/C=C\C/C=C\C/C=C\CCCCCCCC(=O)OC(COC(=O)CCCCCCC/C=C\CCCCCCCC)COP(=O)(O)OCCN(C)C. The third-order valence-corrected chi connectivity index (χ3v) is 9.60. The lowest BCUT2D eigenvalue weighted by atomic mass is 10.1. The van der Waals surface area contributed by atoms with Gasteiger partial charge in [0.25, 0.3) is 0 Å². The lowest BCUT2D eigenvalue weighted by Crippen LogP contribution is -2.29. The van der Waals surface area contributed by atoms with E-state index in [1.807, 2.05) is 19.0 Å². The minimum absolute atomic E-state index is 0.000996. The monoisotopic (exact) mass is 768 g/mol. The quantitative estimate of drug-likeness (QED) is 0.0284.